The number of aromatic amines is 1. The fraction of sp³-hybridized carbons (Fsp3) is 0.174. The molecule has 0 saturated carbocycles. The summed E-state index contributed by atoms with van der Waals surface area (Å²) in [7, 11) is 1.60. The smallest absolute Gasteiger partial charge is 0.273 e. The zero-order chi connectivity index (χ0) is 22.0. The zero-order valence-electron chi connectivity index (χ0n) is 17.4. The summed E-state index contributed by atoms with van der Waals surface area (Å²) in [4.78, 5) is 12.8. The van der Waals surface area contributed by atoms with Gasteiger partial charge in [0.2, 0.25) is 0 Å². The van der Waals surface area contributed by atoms with Gasteiger partial charge in [0.05, 0.1) is 36.4 Å². The minimum absolute atomic E-state index is 0.277. The van der Waals surface area contributed by atoms with E-state index in [0.29, 0.717) is 34.1 Å². The Morgan fingerprint density at radius 1 is 1.16 bits per heavy atom. The molecule has 0 aliphatic carbocycles. The van der Waals surface area contributed by atoms with Gasteiger partial charge in [0, 0.05) is 11.1 Å². The van der Waals surface area contributed by atoms with Gasteiger partial charge in [-0.2, -0.15) is 10.2 Å². The SMILES string of the molecule is COc1cccc(-c2cc(C(=O)Nc3c(C)nn(Cc4ccccc4F)c3C)[nH]n2)c1. The van der Waals surface area contributed by atoms with E-state index in [1.54, 1.807) is 43.0 Å². The van der Waals surface area contributed by atoms with Crippen molar-refractivity contribution in [3.05, 3.63) is 83.1 Å². The van der Waals surface area contributed by atoms with Crippen LogP contribution in [-0.2, 0) is 6.54 Å². The molecule has 4 rings (SSSR count). The van der Waals surface area contributed by atoms with Gasteiger partial charge in [-0.05, 0) is 38.1 Å². The van der Waals surface area contributed by atoms with Crippen LogP contribution >= 0.6 is 0 Å². The lowest BCUT2D eigenvalue weighted by molar-refractivity contribution is 0.102. The Morgan fingerprint density at radius 3 is 2.74 bits per heavy atom. The number of carbonyl (C=O) groups is 1. The molecular formula is C23H22FN5O2. The number of methoxy groups -OCH3 is 1. The molecule has 0 aliphatic heterocycles. The maximum Gasteiger partial charge on any atom is 0.273 e. The molecule has 0 saturated heterocycles. The third-order valence-electron chi connectivity index (χ3n) is 5.09. The third kappa shape index (κ3) is 4.18. The fourth-order valence-electron chi connectivity index (χ4n) is 3.37. The summed E-state index contributed by atoms with van der Waals surface area (Å²) in [6, 6.07) is 15.7. The average molecular weight is 419 g/mol. The average Bonchev–Trinajstić information content (AvgIpc) is 3.37. The maximum atomic E-state index is 14.0. The van der Waals surface area contributed by atoms with Gasteiger partial charge in [-0.3, -0.25) is 14.6 Å². The molecule has 1 amide bonds. The van der Waals surface area contributed by atoms with Crippen LogP contribution in [0.2, 0.25) is 0 Å². The number of rotatable bonds is 6. The lowest BCUT2D eigenvalue weighted by Gasteiger charge is -2.07. The van der Waals surface area contributed by atoms with Crippen molar-refractivity contribution in [1.82, 2.24) is 20.0 Å². The number of aryl methyl sites for hydroxylation is 1. The van der Waals surface area contributed by atoms with Crippen LogP contribution in [0.5, 0.6) is 5.75 Å². The summed E-state index contributed by atoms with van der Waals surface area (Å²) in [5.41, 5.74) is 4.30. The van der Waals surface area contributed by atoms with E-state index in [1.165, 1.54) is 6.07 Å². The normalized spacial score (nSPS) is 10.8. The second-order valence-corrected chi connectivity index (χ2v) is 7.15. The van der Waals surface area contributed by atoms with Crippen molar-refractivity contribution in [1.29, 1.82) is 0 Å². The molecule has 0 aliphatic rings. The molecule has 0 fully saturated rings. The minimum atomic E-state index is -0.335. The number of hydrogen-bond acceptors (Lipinski definition) is 4. The van der Waals surface area contributed by atoms with Crippen LogP contribution in [0, 0.1) is 19.7 Å². The highest BCUT2D eigenvalue weighted by Gasteiger charge is 2.18. The Hall–Kier alpha value is -3.94. The number of nitrogens with one attached hydrogen (secondary N) is 2. The standard InChI is InChI=1S/C23H22FN5O2/c1-14-22(15(2)29(28-14)13-17-7-4-5-10-19(17)24)25-23(30)21-12-20(26-27-21)16-8-6-9-18(11-16)31-3/h4-12H,13H2,1-3H3,(H,25,30)(H,26,27). The molecule has 7 nitrogen and oxygen atoms in total. The first-order valence-corrected chi connectivity index (χ1v) is 9.75. The first-order valence-electron chi connectivity index (χ1n) is 9.75. The van der Waals surface area contributed by atoms with Crippen LogP contribution in [0.4, 0.5) is 10.1 Å². The van der Waals surface area contributed by atoms with E-state index in [0.717, 1.165) is 11.3 Å². The van der Waals surface area contributed by atoms with Crippen molar-refractivity contribution >= 4 is 11.6 Å². The van der Waals surface area contributed by atoms with Crippen LogP contribution in [0.25, 0.3) is 11.3 Å². The van der Waals surface area contributed by atoms with Crippen LogP contribution < -0.4 is 10.1 Å². The number of benzene rings is 2. The molecule has 2 N–H and O–H groups in total. The van der Waals surface area contributed by atoms with Gasteiger partial charge < -0.3 is 10.1 Å². The summed E-state index contributed by atoms with van der Waals surface area (Å²) >= 11 is 0. The number of ether oxygens (including phenoxy) is 1. The van der Waals surface area contributed by atoms with Crippen LogP contribution in [0.1, 0.15) is 27.4 Å². The molecule has 0 spiro atoms. The first kappa shape index (κ1) is 20.3. The Balaban J connectivity index is 1.53. The zero-order valence-corrected chi connectivity index (χ0v) is 17.4. The fourth-order valence-corrected chi connectivity index (χ4v) is 3.37. The molecular weight excluding hydrogens is 397 g/mol. The predicted molar refractivity (Wildman–Crippen MR) is 116 cm³/mol. The summed E-state index contributed by atoms with van der Waals surface area (Å²) in [5.74, 6) is 0.0847. The van der Waals surface area contributed by atoms with Gasteiger partial charge >= 0.3 is 0 Å². The highest BCUT2D eigenvalue weighted by molar-refractivity contribution is 6.04. The van der Waals surface area contributed by atoms with Crippen molar-refractivity contribution in [3.63, 3.8) is 0 Å². The van der Waals surface area contributed by atoms with E-state index in [4.69, 9.17) is 4.74 Å². The Morgan fingerprint density at radius 2 is 1.97 bits per heavy atom. The predicted octanol–water partition coefficient (Wildman–Crippen LogP) is 4.34. The lowest BCUT2D eigenvalue weighted by Crippen LogP contribution is -2.14. The number of nitrogens with zero attached hydrogens (tertiary/aromatic N) is 3. The van der Waals surface area contributed by atoms with Crippen LogP contribution in [-0.4, -0.2) is 33.0 Å². The highest BCUT2D eigenvalue weighted by Crippen LogP contribution is 2.24. The van der Waals surface area contributed by atoms with Crippen LogP contribution in [0.3, 0.4) is 0 Å². The second kappa shape index (κ2) is 8.43. The quantitative estimate of drug-likeness (QED) is 0.487. The molecule has 8 heteroatoms. The van der Waals surface area contributed by atoms with Gasteiger partial charge in [-0.25, -0.2) is 4.39 Å². The molecule has 4 aromatic rings. The van der Waals surface area contributed by atoms with Gasteiger partial charge in [-0.15, -0.1) is 0 Å². The van der Waals surface area contributed by atoms with Crippen molar-refractivity contribution in [2.45, 2.75) is 20.4 Å². The number of halogens is 1. The number of H-pyrrole nitrogens is 1. The van der Waals surface area contributed by atoms with Gasteiger partial charge in [0.15, 0.2) is 0 Å². The number of aromatic nitrogens is 4. The van der Waals surface area contributed by atoms with Gasteiger partial charge in [0.25, 0.3) is 5.91 Å². The summed E-state index contributed by atoms with van der Waals surface area (Å²) in [6.07, 6.45) is 0. The molecule has 0 unspecified atom stereocenters. The molecule has 0 bridgehead atoms. The largest absolute Gasteiger partial charge is 0.497 e. The number of anilines is 1. The summed E-state index contributed by atoms with van der Waals surface area (Å²) in [6.45, 7) is 3.92. The van der Waals surface area contributed by atoms with Crippen LogP contribution in [0.15, 0.2) is 54.6 Å². The topological polar surface area (TPSA) is 84.8 Å². The van der Waals surface area contributed by atoms with Gasteiger partial charge in [-0.1, -0.05) is 30.3 Å². The number of hydrogen-bond donors (Lipinski definition) is 2. The van der Waals surface area contributed by atoms with E-state index in [9.17, 15) is 9.18 Å². The van der Waals surface area contributed by atoms with E-state index in [-0.39, 0.29) is 18.3 Å². The van der Waals surface area contributed by atoms with Crippen molar-refractivity contribution < 1.29 is 13.9 Å². The molecule has 2 heterocycles. The Kier molecular flexibility index (Phi) is 5.53. The van der Waals surface area contributed by atoms with Gasteiger partial charge in [0.1, 0.15) is 17.3 Å². The number of carbonyl (C=O) groups excluding carboxylic acids is 1. The molecule has 2 aromatic heterocycles. The summed E-state index contributed by atoms with van der Waals surface area (Å²) in [5, 5.41) is 14.4. The lowest BCUT2D eigenvalue weighted by atomic mass is 10.1. The van der Waals surface area contributed by atoms with Crippen molar-refractivity contribution in [2.24, 2.45) is 0 Å². The van der Waals surface area contributed by atoms with E-state index < -0.39 is 0 Å². The second-order valence-electron chi connectivity index (χ2n) is 7.15. The molecule has 0 atom stereocenters. The molecule has 31 heavy (non-hydrogen) atoms. The first-order chi connectivity index (χ1) is 15.0. The van der Waals surface area contributed by atoms with Crippen molar-refractivity contribution in [3.8, 4) is 17.0 Å². The molecule has 158 valence electrons. The highest BCUT2D eigenvalue weighted by atomic mass is 19.1. The summed E-state index contributed by atoms with van der Waals surface area (Å²) < 4.78 is 20.9. The monoisotopic (exact) mass is 419 g/mol. The van der Waals surface area contributed by atoms with E-state index >= 15 is 0 Å². The number of amides is 1. The van der Waals surface area contributed by atoms with E-state index in [2.05, 4.69) is 20.6 Å². The minimum Gasteiger partial charge on any atom is -0.497 e. The Bertz CT molecular complexity index is 1240. The third-order valence-corrected chi connectivity index (χ3v) is 5.09. The van der Waals surface area contributed by atoms with E-state index in [1.807, 2.05) is 31.2 Å². The molecule has 0 radical (unpaired) electrons. The van der Waals surface area contributed by atoms with Crippen molar-refractivity contribution in [2.75, 3.05) is 12.4 Å². The maximum absolute atomic E-state index is 14.0. The molecule has 2 aromatic carbocycles. The Labute approximate surface area is 178 Å².